The van der Waals surface area contributed by atoms with Gasteiger partial charge in [-0.05, 0) is 29.7 Å². The molecule has 0 atom stereocenters. The van der Waals surface area contributed by atoms with Gasteiger partial charge in [-0.1, -0.05) is 75.9 Å². The summed E-state index contributed by atoms with van der Waals surface area (Å²) in [7, 11) is 0. The standard InChI is InChI=1S/C21H29NO/c1-3-5-9-16-22(17-10-6-4-2)21(23)20-15-11-13-18-12-7-8-14-19(18)20/h7-8,11-15H,3-6,9-10,16-17H2,1-2H3. The van der Waals surface area contributed by atoms with E-state index in [9.17, 15) is 4.79 Å². The summed E-state index contributed by atoms with van der Waals surface area (Å²) in [4.78, 5) is 15.1. The van der Waals surface area contributed by atoms with Gasteiger partial charge >= 0.3 is 0 Å². The van der Waals surface area contributed by atoms with Crippen LogP contribution in [0.15, 0.2) is 42.5 Å². The zero-order valence-corrected chi connectivity index (χ0v) is 14.6. The fraction of sp³-hybridized carbons (Fsp3) is 0.476. The van der Waals surface area contributed by atoms with Gasteiger partial charge < -0.3 is 4.90 Å². The molecule has 2 rings (SSSR count). The summed E-state index contributed by atoms with van der Waals surface area (Å²) in [5.74, 6) is 0.189. The second-order valence-corrected chi connectivity index (χ2v) is 6.23. The molecule has 2 nitrogen and oxygen atoms in total. The van der Waals surface area contributed by atoms with Crippen LogP contribution in [0.3, 0.4) is 0 Å². The van der Waals surface area contributed by atoms with E-state index in [1.54, 1.807) is 0 Å². The van der Waals surface area contributed by atoms with Crippen molar-refractivity contribution in [1.29, 1.82) is 0 Å². The van der Waals surface area contributed by atoms with E-state index in [-0.39, 0.29) is 5.91 Å². The molecular formula is C21H29NO. The van der Waals surface area contributed by atoms with Gasteiger partial charge in [0.1, 0.15) is 0 Å². The molecule has 0 aliphatic heterocycles. The summed E-state index contributed by atoms with van der Waals surface area (Å²) >= 11 is 0. The number of benzene rings is 2. The molecule has 124 valence electrons. The lowest BCUT2D eigenvalue weighted by Gasteiger charge is -2.23. The van der Waals surface area contributed by atoms with E-state index in [0.29, 0.717) is 0 Å². The number of nitrogens with zero attached hydrogens (tertiary/aromatic N) is 1. The molecule has 2 aromatic carbocycles. The second-order valence-electron chi connectivity index (χ2n) is 6.23. The molecule has 1 amide bonds. The van der Waals surface area contributed by atoms with E-state index in [2.05, 4.69) is 36.9 Å². The van der Waals surface area contributed by atoms with Crippen LogP contribution in [0.5, 0.6) is 0 Å². The van der Waals surface area contributed by atoms with Crippen LogP contribution in [0, 0.1) is 0 Å². The summed E-state index contributed by atoms with van der Waals surface area (Å²) in [5, 5.41) is 2.20. The van der Waals surface area contributed by atoms with Gasteiger partial charge in [-0.15, -0.1) is 0 Å². The van der Waals surface area contributed by atoms with Crippen molar-refractivity contribution >= 4 is 16.7 Å². The first-order valence-electron chi connectivity index (χ1n) is 9.05. The highest BCUT2D eigenvalue weighted by Gasteiger charge is 2.17. The summed E-state index contributed by atoms with van der Waals surface area (Å²) in [6.07, 6.45) is 6.94. The van der Waals surface area contributed by atoms with Gasteiger partial charge in [-0.3, -0.25) is 4.79 Å². The topological polar surface area (TPSA) is 20.3 Å². The summed E-state index contributed by atoms with van der Waals surface area (Å²) in [6, 6.07) is 14.2. The van der Waals surface area contributed by atoms with Crippen LogP contribution >= 0.6 is 0 Å². The summed E-state index contributed by atoms with van der Waals surface area (Å²) in [6.45, 7) is 6.15. The number of hydrogen-bond acceptors (Lipinski definition) is 1. The lowest BCUT2D eigenvalue weighted by Crippen LogP contribution is -2.33. The van der Waals surface area contributed by atoms with Crippen LogP contribution in [-0.4, -0.2) is 23.9 Å². The van der Waals surface area contributed by atoms with E-state index in [0.717, 1.165) is 42.3 Å². The lowest BCUT2D eigenvalue weighted by molar-refractivity contribution is 0.0751. The van der Waals surface area contributed by atoms with Gasteiger partial charge in [0.25, 0.3) is 5.91 Å². The molecule has 0 saturated heterocycles. The third kappa shape index (κ3) is 4.82. The fourth-order valence-corrected chi connectivity index (χ4v) is 3.00. The van der Waals surface area contributed by atoms with Crippen LogP contribution in [0.25, 0.3) is 10.8 Å². The quantitative estimate of drug-likeness (QED) is 0.547. The van der Waals surface area contributed by atoms with Crippen molar-refractivity contribution < 1.29 is 4.79 Å². The summed E-state index contributed by atoms with van der Waals surface area (Å²) < 4.78 is 0. The van der Waals surface area contributed by atoms with E-state index >= 15 is 0 Å². The van der Waals surface area contributed by atoms with Crippen LogP contribution in [0.1, 0.15) is 62.7 Å². The first kappa shape index (κ1) is 17.5. The molecule has 0 heterocycles. The Bertz CT molecular complexity index is 605. The largest absolute Gasteiger partial charge is 0.339 e. The average molecular weight is 311 g/mol. The fourth-order valence-electron chi connectivity index (χ4n) is 3.00. The van der Waals surface area contributed by atoms with Crippen molar-refractivity contribution in [1.82, 2.24) is 4.90 Å². The number of unbranched alkanes of at least 4 members (excludes halogenated alkanes) is 4. The molecule has 2 aromatic rings. The highest BCUT2D eigenvalue weighted by molar-refractivity contribution is 6.07. The Balaban J connectivity index is 2.19. The number of carbonyl (C=O) groups excluding carboxylic acids is 1. The molecule has 0 radical (unpaired) electrons. The van der Waals surface area contributed by atoms with Crippen molar-refractivity contribution in [2.24, 2.45) is 0 Å². The SMILES string of the molecule is CCCCCN(CCCCC)C(=O)c1cccc2ccccc12. The average Bonchev–Trinajstić information content (AvgIpc) is 2.59. The molecule has 23 heavy (non-hydrogen) atoms. The molecule has 0 aliphatic carbocycles. The minimum atomic E-state index is 0.189. The van der Waals surface area contributed by atoms with Crippen molar-refractivity contribution in [3.8, 4) is 0 Å². The number of rotatable bonds is 9. The van der Waals surface area contributed by atoms with Gasteiger partial charge in [0.15, 0.2) is 0 Å². The molecule has 2 heteroatoms. The van der Waals surface area contributed by atoms with Crippen LogP contribution in [-0.2, 0) is 0 Å². The zero-order valence-electron chi connectivity index (χ0n) is 14.6. The molecule has 0 aromatic heterocycles. The number of hydrogen-bond donors (Lipinski definition) is 0. The first-order chi connectivity index (χ1) is 11.3. The number of amides is 1. The number of fused-ring (bicyclic) bond motifs is 1. The third-order valence-corrected chi connectivity index (χ3v) is 4.37. The molecule has 0 unspecified atom stereocenters. The maximum Gasteiger partial charge on any atom is 0.254 e. The van der Waals surface area contributed by atoms with Gasteiger partial charge in [0.2, 0.25) is 0 Å². The second kappa shape index (κ2) is 9.34. The van der Waals surface area contributed by atoms with Crippen molar-refractivity contribution in [2.45, 2.75) is 52.4 Å². The Labute approximate surface area is 140 Å². The van der Waals surface area contributed by atoms with Crippen molar-refractivity contribution in [2.75, 3.05) is 13.1 Å². The Morgan fingerprint density at radius 1 is 0.826 bits per heavy atom. The molecule has 0 aliphatic rings. The Kier molecular flexibility index (Phi) is 7.12. The zero-order chi connectivity index (χ0) is 16.5. The predicted molar refractivity (Wildman–Crippen MR) is 98.9 cm³/mol. The van der Waals surface area contributed by atoms with E-state index < -0.39 is 0 Å². The smallest absolute Gasteiger partial charge is 0.254 e. The number of carbonyl (C=O) groups is 1. The van der Waals surface area contributed by atoms with Gasteiger partial charge in [-0.25, -0.2) is 0 Å². The van der Waals surface area contributed by atoms with E-state index in [1.807, 2.05) is 24.3 Å². The molecule has 0 bridgehead atoms. The van der Waals surface area contributed by atoms with Crippen LogP contribution in [0.4, 0.5) is 0 Å². The van der Waals surface area contributed by atoms with Crippen LogP contribution in [0.2, 0.25) is 0 Å². The minimum Gasteiger partial charge on any atom is -0.339 e. The summed E-state index contributed by atoms with van der Waals surface area (Å²) in [5.41, 5.74) is 0.844. The maximum absolute atomic E-state index is 13.1. The molecule has 0 saturated carbocycles. The highest BCUT2D eigenvalue weighted by Crippen LogP contribution is 2.20. The lowest BCUT2D eigenvalue weighted by atomic mass is 10.0. The maximum atomic E-state index is 13.1. The molecule has 0 N–H and O–H groups in total. The van der Waals surface area contributed by atoms with Gasteiger partial charge in [0, 0.05) is 18.7 Å². The molecule has 0 fully saturated rings. The Hall–Kier alpha value is -1.83. The van der Waals surface area contributed by atoms with Crippen LogP contribution < -0.4 is 0 Å². The third-order valence-electron chi connectivity index (χ3n) is 4.37. The van der Waals surface area contributed by atoms with Gasteiger partial charge in [0.05, 0.1) is 0 Å². The van der Waals surface area contributed by atoms with E-state index in [4.69, 9.17) is 0 Å². The Morgan fingerprint density at radius 2 is 1.43 bits per heavy atom. The molecule has 0 spiro atoms. The molecular weight excluding hydrogens is 282 g/mol. The van der Waals surface area contributed by atoms with Gasteiger partial charge in [-0.2, -0.15) is 0 Å². The first-order valence-corrected chi connectivity index (χ1v) is 9.05. The predicted octanol–water partition coefficient (Wildman–Crippen LogP) is 5.66. The van der Waals surface area contributed by atoms with Crippen molar-refractivity contribution in [3.05, 3.63) is 48.0 Å². The van der Waals surface area contributed by atoms with Crippen molar-refractivity contribution in [3.63, 3.8) is 0 Å². The van der Waals surface area contributed by atoms with E-state index in [1.165, 1.54) is 25.7 Å². The monoisotopic (exact) mass is 311 g/mol. The highest BCUT2D eigenvalue weighted by atomic mass is 16.2. The normalized spacial score (nSPS) is 10.9. The Morgan fingerprint density at radius 3 is 2.09 bits per heavy atom. The minimum absolute atomic E-state index is 0.189.